The number of carboxylic acid groups (broad SMARTS) is 1. The van der Waals surface area contributed by atoms with Gasteiger partial charge in [0.1, 0.15) is 5.41 Å². The molecule has 1 N–H and O–H groups in total. The second-order valence-electron chi connectivity index (χ2n) is 5.41. The highest BCUT2D eigenvalue weighted by molar-refractivity contribution is 7.96. The normalized spacial score (nSPS) is 23.5. The fourth-order valence-electron chi connectivity index (χ4n) is 2.92. The van der Waals surface area contributed by atoms with E-state index in [0.717, 1.165) is 16.7 Å². The highest BCUT2D eigenvalue weighted by Crippen LogP contribution is 2.42. The predicted octanol–water partition coefficient (Wildman–Crippen LogP) is 4.44. The van der Waals surface area contributed by atoms with Crippen LogP contribution in [0.2, 0.25) is 0 Å². The van der Waals surface area contributed by atoms with Crippen molar-refractivity contribution in [1.29, 1.82) is 0 Å². The van der Waals surface area contributed by atoms with Gasteiger partial charge in [-0.1, -0.05) is 90.7 Å². The molecule has 0 saturated heterocycles. The summed E-state index contributed by atoms with van der Waals surface area (Å²) in [7, 11) is 0.616. The van der Waals surface area contributed by atoms with Gasteiger partial charge >= 0.3 is 5.97 Å². The first-order valence-electron chi connectivity index (χ1n) is 7.26. The van der Waals surface area contributed by atoms with Crippen LogP contribution in [0.25, 0.3) is 5.57 Å². The fourth-order valence-corrected chi connectivity index (χ4v) is 4.33. The molecule has 0 heterocycles. The van der Waals surface area contributed by atoms with Crippen molar-refractivity contribution in [3.8, 4) is 0 Å². The molecular weight excluding hydrogens is 323 g/mol. The predicted molar refractivity (Wildman–Crippen MR) is 97.4 cm³/mol. The molecule has 0 radical (unpaired) electrons. The van der Waals surface area contributed by atoms with Crippen LogP contribution in [-0.2, 0) is 22.0 Å². The lowest BCUT2D eigenvalue weighted by Gasteiger charge is -2.34. The molecule has 2 nitrogen and oxygen atoms in total. The molecular formula is C19H15O2PS. The number of rotatable bonds is 4. The van der Waals surface area contributed by atoms with E-state index in [0.29, 0.717) is 7.36 Å². The van der Waals surface area contributed by atoms with Crippen LogP contribution in [0.1, 0.15) is 11.1 Å². The lowest BCUT2D eigenvalue weighted by atomic mass is 9.73. The van der Waals surface area contributed by atoms with Crippen LogP contribution in [0.3, 0.4) is 0 Å². The van der Waals surface area contributed by atoms with Crippen LogP contribution in [-0.4, -0.2) is 16.7 Å². The van der Waals surface area contributed by atoms with E-state index in [-0.39, 0.29) is 5.66 Å². The van der Waals surface area contributed by atoms with Crippen molar-refractivity contribution in [1.82, 2.24) is 0 Å². The summed E-state index contributed by atoms with van der Waals surface area (Å²) in [5.74, 6) is -0.870. The molecule has 0 aliphatic heterocycles. The number of aliphatic carboxylic acids is 1. The van der Waals surface area contributed by atoms with Crippen LogP contribution >= 0.6 is 7.36 Å². The fraction of sp³-hybridized carbons (Fsp3) is 0.105. The molecule has 1 aliphatic rings. The van der Waals surface area contributed by atoms with Crippen LogP contribution in [0.15, 0.2) is 78.9 Å². The van der Waals surface area contributed by atoms with Gasteiger partial charge in [0.15, 0.2) is 0 Å². The largest absolute Gasteiger partial charge is 0.480 e. The highest BCUT2D eigenvalue weighted by Gasteiger charge is 2.45. The molecule has 0 fully saturated rings. The third-order valence-electron chi connectivity index (χ3n) is 4.16. The van der Waals surface area contributed by atoms with Crippen LogP contribution < -0.4 is 0 Å². The highest BCUT2D eigenvalue weighted by atomic mass is 32.4. The first kappa shape index (κ1) is 15.8. The minimum atomic E-state index is -1.11. The number of carboxylic acids is 1. The van der Waals surface area contributed by atoms with E-state index in [1.807, 2.05) is 72.8 Å². The second kappa shape index (κ2) is 6.57. The van der Waals surface area contributed by atoms with Crippen molar-refractivity contribution < 1.29 is 9.90 Å². The molecule has 0 amide bonds. The number of hydrogen-bond donors (Lipinski definition) is 1. The molecule has 1 aliphatic carbocycles. The molecule has 114 valence electrons. The number of carbonyl (C=O) groups is 1. The summed E-state index contributed by atoms with van der Waals surface area (Å²) in [6, 6.07) is 19.3. The zero-order chi connectivity index (χ0) is 16.3. The lowest BCUT2D eigenvalue weighted by molar-refractivity contribution is -0.141. The van der Waals surface area contributed by atoms with E-state index in [4.69, 9.17) is 11.8 Å². The number of hydrogen-bond acceptors (Lipinski definition) is 2. The molecule has 0 bridgehead atoms. The molecule has 2 aromatic rings. The molecule has 4 heteroatoms. The SMILES string of the molecule is O=C(O)C1(c2ccccc2)C=CC(c2ccccc2)=CC1P=S. The summed E-state index contributed by atoms with van der Waals surface area (Å²) in [5.41, 5.74) is 1.44. The Balaban J connectivity index is 2.11. The third kappa shape index (κ3) is 2.78. The van der Waals surface area contributed by atoms with Crippen molar-refractivity contribution in [2.45, 2.75) is 11.1 Å². The molecule has 0 spiro atoms. The van der Waals surface area contributed by atoms with Gasteiger partial charge in [-0.2, -0.15) is 0 Å². The Morgan fingerprint density at radius 2 is 1.65 bits per heavy atom. The first-order chi connectivity index (χ1) is 11.2. The maximum Gasteiger partial charge on any atom is 0.319 e. The molecule has 2 atom stereocenters. The van der Waals surface area contributed by atoms with E-state index in [1.165, 1.54) is 0 Å². The zero-order valence-corrected chi connectivity index (χ0v) is 14.0. The van der Waals surface area contributed by atoms with Gasteiger partial charge in [0.25, 0.3) is 0 Å². The average molecular weight is 338 g/mol. The first-order valence-corrected chi connectivity index (χ1v) is 9.24. The maximum atomic E-state index is 12.2. The summed E-state index contributed by atoms with van der Waals surface area (Å²) in [4.78, 5) is 12.2. The van der Waals surface area contributed by atoms with Gasteiger partial charge in [-0.15, -0.1) is 0 Å². The average Bonchev–Trinajstić information content (AvgIpc) is 2.62. The quantitative estimate of drug-likeness (QED) is 0.838. The summed E-state index contributed by atoms with van der Waals surface area (Å²) in [6.45, 7) is 0. The van der Waals surface area contributed by atoms with Gasteiger partial charge in [-0.25, -0.2) is 0 Å². The Kier molecular flexibility index (Phi) is 4.51. The third-order valence-corrected chi connectivity index (χ3v) is 5.62. The van der Waals surface area contributed by atoms with Crippen LogP contribution in [0, 0.1) is 0 Å². The molecule has 0 saturated carbocycles. The van der Waals surface area contributed by atoms with Gasteiger partial charge < -0.3 is 5.11 Å². The Hall–Kier alpha value is -2.09. The van der Waals surface area contributed by atoms with Gasteiger partial charge in [0, 0.05) is 0 Å². The Bertz CT molecular complexity index is 784. The lowest BCUT2D eigenvalue weighted by Crippen LogP contribution is -2.43. The molecule has 2 aromatic carbocycles. The van der Waals surface area contributed by atoms with Gasteiger partial charge in [-0.3, -0.25) is 4.79 Å². The van der Waals surface area contributed by atoms with Gasteiger partial charge in [-0.05, 0) is 24.1 Å². The molecule has 0 aromatic heterocycles. The van der Waals surface area contributed by atoms with Gasteiger partial charge in [0.2, 0.25) is 0 Å². The van der Waals surface area contributed by atoms with Crippen molar-refractivity contribution in [2.24, 2.45) is 0 Å². The summed E-state index contributed by atoms with van der Waals surface area (Å²) in [6.07, 6.45) is 5.68. The summed E-state index contributed by atoms with van der Waals surface area (Å²) < 4.78 is 0. The van der Waals surface area contributed by atoms with Crippen LogP contribution in [0.4, 0.5) is 0 Å². The van der Waals surface area contributed by atoms with Crippen molar-refractivity contribution in [3.63, 3.8) is 0 Å². The zero-order valence-electron chi connectivity index (χ0n) is 12.3. The maximum absolute atomic E-state index is 12.2. The van der Waals surface area contributed by atoms with E-state index < -0.39 is 11.4 Å². The Morgan fingerprint density at radius 1 is 1.04 bits per heavy atom. The molecule has 2 unspecified atom stereocenters. The minimum Gasteiger partial charge on any atom is -0.480 e. The topological polar surface area (TPSA) is 37.3 Å². The van der Waals surface area contributed by atoms with E-state index in [1.54, 1.807) is 6.08 Å². The van der Waals surface area contributed by atoms with Crippen LogP contribution in [0.5, 0.6) is 0 Å². The second-order valence-corrected chi connectivity index (χ2v) is 6.81. The van der Waals surface area contributed by atoms with Crippen molar-refractivity contribution in [3.05, 3.63) is 90.0 Å². The molecule has 23 heavy (non-hydrogen) atoms. The van der Waals surface area contributed by atoms with Gasteiger partial charge in [0.05, 0.1) is 5.66 Å². The monoisotopic (exact) mass is 338 g/mol. The van der Waals surface area contributed by atoms with Crippen molar-refractivity contribution in [2.75, 3.05) is 0 Å². The van der Waals surface area contributed by atoms with E-state index in [9.17, 15) is 9.90 Å². The van der Waals surface area contributed by atoms with E-state index in [2.05, 4.69) is 0 Å². The van der Waals surface area contributed by atoms with Crippen molar-refractivity contribution >= 4 is 30.7 Å². The number of benzene rings is 2. The summed E-state index contributed by atoms with van der Waals surface area (Å²) in [5, 5.41) is 9.97. The number of allylic oxidation sites excluding steroid dienone is 3. The Labute approximate surface area is 142 Å². The molecule has 3 rings (SSSR count). The smallest absolute Gasteiger partial charge is 0.319 e. The Morgan fingerprint density at radius 3 is 2.22 bits per heavy atom. The minimum absolute atomic E-state index is 0.294. The summed E-state index contributed by atoms with van der Waals surface area (Å²) >= 11 is 5.27. The standard InChI is InChI=1S/C19H15O2PS/c20-18(21)19(16-9-5-2-6-10-16)12-11-15(13-17(19)22-23)14-7-3-1-4-8-14/h1-13,17H,(H,20,21). The van der Waals surface area contributed by atoms with E-state index >= 15 is 0 Å².